The van der Waals surface area contributed by atoms with Crippen molar-refractivity contribution in [1.82, 2.24) is 9.62 Å². The Bertz CT molecular complexity index is 599. The van der Waals surface area contributed by atoms with Crippen LogP contribution in [0.3, 0.4) is 0 Å². The van der Waals surface area contributed by atoms with Crippen LogP contribution in [0, 0.1) is 0 Å². The zero-order chi connectivity index (χ0) is 15.5. The number of nitrogen functional groups attached to an aromatic ring is 1. The first-order chi connectivity index (χ1) is 9.19. The Morgan fingerprint density at radius 3 is 2.45 bits per heavy atom. The number of rotatable bonds is 5. The highest BCUT2D eigenvalue weighted by Crippen LogP contribution is 2.23. The summed E-state index contributed by atoms with van der Waals surface area (Å²) in [5.41, 5.74) is 6.58. The van der Waals surface area contributed by atoms with Crippen LogP contribution in [0.15, 0.2) is 23.1 Å². The molecule has 1 atom stereocenters. The van der Waals surface area contributed by atoms with Crippen LogP contribution >= 0.6 is 0 Å². The fraction of sp³-hybridized carbons (Fsp3) is 0.417. The van der Waals surface area contributed by atoms with Gasteiger partial charge in [0.25, 0.3) is 0 Å². The van der Waals surface area contributed by atoms with Crippen LogP contribution in [0.25, 0.3) is 0 Å². The number of hydrogen-bond acceptors (Lipinski definition) is 5. The van der Waals surface area contributed by atoms with Crippen molar-refractivity contribution >= 4 is 27.3 Å². The van der Waals surface area contributed by atoms with E-state index in [0.717, 1.165) is 0 Å². The normalized spacial score (nSPS) is 12.8. The molecule has 0 heterocycles. The molecule has 1 unspecified atom stereocenters. The molecule has 1 amide bonds. The van der Waals surface area contributed by atoms with E-state index in [4.69, 9.17) is 5.73 Å². The van der Waals surface area contributed by atoms with Crippen LogP contribution in [0.1, 0.15) is 6.92 Å². The van der Waals surface area contributed by atoms with Crippen molar-refractivity contribution in [2.75, 3.05) is 32.2 Å². The minimum absolute atomic E-state index is 0.0844. The Morgan fingerprint density at radius 2 is 1.95 bits per heavy atom. The topological polar surface area (TPSA) is 105 Å². The number of sulfonamides is 1. The minimum Gasteiger partial charge on any atom is -0.397 e. The second kappa shape index (κ2) is 6.10. The highest BCUT2D eigenvalue weighted by atomic mass is 32.2. The second-order valence-corrected chi connectivity index (χ2v) is 6.44. The number of benzene rings is 1. The molecule has 1 aromatic rings. The van der Waals surface area contributed by atoms with Gasteiger partial charge in [-0.2, -0.15) is 0 Å². The molecular weight excluding hydrogens is 280 g/mol. The quantitative estimate of drug-likeness (QED) is 0.667. The zero-order valence-corrected chi connectivity index (χ0v) is 12.8. The van der Waals surface area contributed by atoms with Crippen LogP contribution in [0.5, 0.6) is 0 Å². The van der Waals surface area contributed by atoms with Gasteiger partial charge in [-0.25, -0.2) is 13.1 Å². The lowest BCUT2D eigenvalue weighted by molar-refractivity contribution is -0.129. The van der Waals surface area contributed by atoms with Crippen molar-refractivity contribution < 1.29 is 13.2 Å². The Labute approximate surface area is 119 Å². The van der Waals surface area contributed by atoms with Gasteiger partial charge in [-0.05, 0) is 32.2 Å². The van der Waals surface area contributed by atoms with Crippen molar-refractivity contribution in [1.29, 1.82) is 0 Å². The number of carbonyl (C=O) groups excluding carboxylic acids is 1. The molecule has 0 bridgehead atoms. The van der Waals surface area contributed by atoms with Crippen LogP contribution in [-0.4, -0.2) is 46.4 Å². The lowest BCUT2D eigenvalue weighted by Crippen LogP contribution is -2.36. The van der Waals surface area contributed by atoms with Gasteiger partial charge in [-0.1, -0.05) is 0 Å². The average Bonchev–Trinajstić information content (AvgIpc) is 2.39. The lowest BCUT2D eigenvalue weighted by Gasteiger charge is -2.20. The molecule has 4 N–H and O–H groups in total. The molecule has 0 spiro atoms. The third-order valence-electron chi connectivity index (χ3n) is 2.79. The monoisotopic (exact) mass is 300 g/mol. The van der Waals surface area contributed by atoms with E-state index >= 15 is 0 Å². The summed E-state index contributed by atoms with van der Waals surface area (Å²) in [5.74, 6) is -0.133. The maximum atomic E-state index is 11.8. The number of likely N-dealkylation sites (N-methyl/N-ethyl adjacent to an activating group) is 1. The van der Waals surface area contributed by atoms with Gasteiger partial charge in [-0.3, -0.25) is 4.79 Å². The average molecular weight is 300 g/mol. The molecule has 0 fully saturated rings. The molecule has 1 rings (SSSR count). The predicted molar refractivity (Wildman–Crippen MR) is 78.9 cm³/mol. The number of anilines is 2. The number of nitrogens with two attached hydrogens (primary N) is 1. The first-order valence-corrected chi connectivity index (χ1v) is 7.48. The Morgan fingerprint density at radius 1 is 1.35 bits per heavy atom. The van der Waals surface area contributed by atoms with Crippen LogP contribution in [0.4, 0.5) is 11.4 Å². The van der Waals surface area contributed by atoms with E-state index in [1.807, 2.05) is 0 Å². The van der Waals surface area contributed by atoms with E-state index in [0.29, 0.717) is 11.4 Å². The number of hydrogen-bond donors (Lipinski definition) is 3. The fourth-order valence-corrected chi connectivity index (χ4v) is 2.38. The molecule has 0 saturated heterocycles. The minimum atomic E-state index is -3.55. The first-order valence-electron chi connectivity index (χ1n) is 6.00. The Balaban J connectivity index is 3.07. The molecule has 0 aromatic heterocycles. The SMILES string of the molecule is CNS(=O)(=O)c1ccc(N)c(NC(C)C(=O)N(C)C)c1. The second-order valence-electron chi connectivity index (χ2n) is 4.56. The van der Waals surface area contributed by atoms with Crippen molar-refractivity contribution in [3.8, 4) is 0 Å². The summed E-state index contributed by atoms with van der Waals surface area (Å²) in [4.78, 5) is 13.3. The van der Waals surface area contributed by atoms with Crippen LogP contribution < -0.4 is 15.8 Å². The molecule has 0 aliphatic heterocycles. The van der Waals surface area contributed by atoms with Crippen molar-refractivity contribution in [3.05, 3.63) is 18.2 Å². The Hall–Kier alpha value is -1.80. The van der Waals surface area contributed by atoms with E-state index in [1.165, 1.54) is 30.1 Å². The van der Waals surface area contributed by atoms with Gasteiger partial charge in [0, 0.05) is 14.1 Å². The van der Waals surface area contributed by atoms with Gasteiger partial charge in [0.2, 0.25) is 15.9 Å². The molecule has 20 heavy (non-hydrogen) atoms. The van der Waals surface area contributed by atoms with Gasteiger partial charge in [-0.15, -0.1) is 0 Å². The standard InChI is InChI=1S/C12H20N4O3S/c1-8(12(17)16(3)4)15-11-7-9(5-6-10(11)13)20(18,19)14-2/h5-8,14-15H,13H2,1-4H3. The van der Waals surface area contributed by atoms with E-state index in [1.54, 1.807) is 21.0 Å². The molecule has 8 heteroatoms. The molecular formula is C12H20N4O3S. The smallest absolute Gasteiger partial charge is 0.244 e. The number of carbonyl (C=O) groups is 1. The maximum Gasteiger partial charge on any atom is 0.244 e. The van der Waals surface area contributed by atoms with E-state index in [9.17, 15) is 13.2 Å². The van der Waals surface area contributed by atoms with Crippen molar-refractivity contribution in [2.24, 2.45) is 0 Å². The van der Waals surface area contributed by atoms with Gasteiger partial charge in [0.15, 0.2) is 0 Å². The van der Waals surface area contributed by atoms with Crippen molar-refractivity contribution in [3.63, 3.8) is 0 Å². The van der Waals surface area contributed by atoms with Crippen LogP contribution in [-0.2, 0) is 14.8 Å². The number of nitrogens with one attached hydrogen (secondary N) is 2. The zero-order valence-electron chi connectivity index (χ0n) is 12.0. The summed E-state index contributed by atoms with van der Waals surface area (Å²) in [6.45, 7) is 1.68. The highest BCUT2D eigenvalue weighted by Gasteiger charge is 2.18. The number of nitrogens with zero attached hydrogens (tertiary/aromatic N) is 1. The molecule has 112 valence electrons. The summed E-state index contributed by atoms with van der Waals surface area (Å²) in [7, 11) is 1.07. The van der Waals surface area contributed by atoms with Gasteiger partial charge >= 0.3 is 0 Å². The van der Waals surface area contributed by atoms with E-state index in [2.05, 4.69) is 10.0 Å². The summed E-state index contributed by atoms with van der Waals surface area (Å²) in [6, 6.07) is 3.78. The fourth-order valence-electron chi connectivity index (χ4n) is 1.63. The number of amides is 1. The molecule has 0 radical (unpaired) electrons. The summed E-state index contributed by atoms with van der Waals surface area (Å²) in [5, 5.41) is 2.92. The highest BCUT2D eigenvalue weighted by molar-refractivity contribution is 7.89. The van der Waals surface area contributed by atoms with Gasteiger partial charge < -0.3 is 16.0 Å². The molecule has 7 nitrogen and oxygen atoms in total. The van der Waals surface area contributed by atoms with Crippen molar-refractivity contribution in [2.45, 2.75) is 17.9 Å². The first kappa shape index (κ1) is 16.3. The van der Waals surface area contributed by atoms with E-state index < -0.39 is 16.1 Å². The summed E-state index contributed by atoms with van der Waals surface area (Å²) in [6.07, 6.45) is 0. The predicted octanol–water partition coefficient (Wildman–Crippen LogP) is 0.0655. The van der Waals surface area contributed by atoms with E-state index in [-0.39, 0.29) is 10.8 Å². The molecule has 0 aliphatic carbocycles. The molecule has 0 saturated carbocycles. The third-order valence-corrected chi connectivity index (χ3v) is 4.20. The molecule has 0 aliphatic rings. The van der Waals surface area contributed by atoms with Crippen LogP contribution in [0.2, 0.25) is 0 Å². The van der Waals surface area contributed by atoms with Gasteiger partial charge in [0.1, 0.15) is 6.04 Å². The molecule has 1 aromatic carbocycles. The third kappa shape index (κ3) is 3.61. The lowest BCUT2D eigenvalue weighted by atomic mass is 10.2. The largest absolute Gasteiger partial charge is 0.397 e. The Kier molecular flexibility index (Phi) is 4.96. The summed E-state index contributed by atoms with van der Waals surface area (Å²) >= 11 is 0. The maximum absolute atomic E-state index is 11.8. The summed E-state index contributed by atoms with van der Waals surface area (Å²) < 4.78 is 25.7. The van der Waals surface area contributed by atoms with Gasteiger partial charge in [0.05, 0.1) is 16.3 Å².